The molecule has 2 unspecified atom stereocenters. The summed E-state index contributed by atoms with van der Waals surface area (Å²) >= 11 is 9.56. The quantitative estimate of drug-likeness (QED) is 0.913. The van der Waals surface area contributed by atoms with E-state index >= 15 is 0 Å². The van der Waals surface area contributed by atoms with Crippen LogP contribution < -0.4 is 10.6 Å². The Morgan fingerprint density at radius 2 is 2.44 bits per heavy atom. The van der Waals surface area contributed by atoms with Gasteiger partial charge in [-0.1, -0.05) is 18.5 Å². The minimum Gasteiger partial charge on any atom is -0.351 e. The zero-order valence-electron chi connectivity index (χ0n) is 9.16. The van der Waals surface area contributed by atoms with Crippen LogP contribution >= 0.6 is 27.5 Å². The standard InChI is InChI=1S/C11H15BrClN3/c1-7-2-3-16(10(7)5-14)11-9(13)4-8(12)6-15-11/h4,6-7,10H,2-3,5,14H2,1H3. The number of aromatic nitrogens is 1. The molecule has 2 rings (SSSR count). The van der Waals surface area contributed by atoms with Gasteiger partial charge in [-0.05, 0) is 34.3 Å². The summed E-state index contributed by atoms with van der Waals surface area (Å²) in [6.45, 7) is 3.86. The Hall–Kier alpha value is -0.320. The number of anilines is 1. The molecule has 0 aliphatic carbocycles. The van der Waals surface area contributed by atoms with E-state index in [0.717, 1.165) is 23.3 Å². The molecule has 1 aromatic heterocycles. The predicted molar refractivity (Wildman–Crippen MR) is 70.9 cm³/mol. The Kier molecular flexibility index (Phi) is 3.72. The van der Waals surface area contributed by atoms with Crippen LogP contribution in [0.2, 0.25) is 5.02 Å². The summed E-state index contributed by atoms with van der Waals surface area (Å²) in [6, 6.07) is 2.23. The van der Waals surface area contributed by atoms with Gasteiger partial charge in [0.05, 0.1) is 5.02 Å². The Labute approximate surface area is 109 Å². The number of hydrogen-bond acceptors (Lipinski definition) is 3. The molecule has 0 aromatic carbocycles. The van der Waals surface area contributed by atoms with Crippen molar-refractivity contribution in [2.24, 2.45) is 11.7 Å². The first-order valence-electron chi connectivity index (χ1n) is 5.41. The Bertz CT molecular complexity index is 385. The van der Waals surface area contributed by atoms with Gasteiger partial charge in [0.25, 0.3) is 0 Å². The summed E-state index contributed by atoms with van der Waals surface area (Å²) in [6.07, 6.45) is 2.92. The number of halogens is 2. The van der Waals surface area contributed by atoms with Crippen LogP contribution in [0.25, 0.3) is 0 Å². The lowest BCUT2D eigenvalue weighted by atomic mass is 10.0. The summed E-state index contributed by atoms with van der Waals surface area (Å²) in [5.74, 6) is 1.45. The molecule has 0 bridgehead atoms. The molecule has 1 aliphatic rings. The van der Waals surface area contributed by atoms with E-state index in [2.05, 4.69) is 32.7 Å². The molecule has 0 saturated carbocycles. The third kappa shape index (κ3) is 2.19. The fraction of sp³-hybridized carbons (Fsp3) is 0.545. The fourth-order valence-corrected chi connectivity index (χ4v) is 2.99. The van der Waals surface area contributed by atoms with Gasteiger partial charge in [0, 0.05) is 29.8 Å². The molecular formula is C11H15BrClN3. The molecule has 1 fully saturated rings. The van der Waals surface area contributed by atoms with E-state index in [-0.39, 0.29) is 0 Å². The first kappa shape index (κ1) is 12.1. The van der Waals surface area contributed by atoms with Gasteiger partial charge in [0.2, 0.25) is 0 Å². The van der Waals surface area contributed by atoms with Crippen molar-refractivity contribution in [1.29, 1.82) is 0 Å². The third-order valence-electron chi connectivity index (χ3n) is 3.18. The van der Waals surface area contributed by atoms with Crippen LogP contribution in [0, 0.1) is 5.92 Å². The highest BCUT2D eigenvalue weighted by molar-refractivity contribution is 9.10. The van der Waals surface area contributed by atoms with Crippen molar-refractivity contribution in [3.05, 3.63) is 21.8 Å². The number of nitrogens with zero attached hydrogens (tertiary/aromatic N) is 2. The van der Waals surface area contributed by atoms with Gasteiger partial charge >= 0.3 is 0 Å². The lowest BCUT2D eigenvalue weighted by Crippen LogP contribution is -2.39. The molecular weight excluding hydrogens is 289 g/mol. The van der Waals surface area contributed by atoms with Crippen molar-refractivity contribution in [2.45, 2.75) is 19.4 Å². The van der Waals surface area contributed by atoms with Crippen molar-refractivity contribution in [1.82, 2.24) is 4.98 Å². The number of rotatable bonds is 2. The lowest BCUT2D eigenvalue weighted by Gasteiger charge is -2.27. The van der Waals surface area contributed by atoms with Crippen molar-refractivity contribution < 1.29 is 0 Å². The summed E-state index contributed by atoms with van der Waals surface area (Å²) in [5.41, 5.74) is 5.81. The summed E-state index contributed by atoms with van der Waals surface area (Å²) in [5, 5.41) is 0.682. The first-order chi connectivity index (χ1) is 7.63. The van der Waals surface area contributed by atoms with Gasteiger partial charge in [0.15, 0.2) is 0 Å². The van der Waals surface area contributed by atoms with Crippen LogP contribution in [0.5, 0.6) is 0 Å². The molecule has 0 spiro atoms. The van der Waals surface area contributed by atoms with Crippen LogP contribution in [-0.4, -0.2) is 24.1 Å². The molecule has 1 aromatic rings. The molecule has 2 N–H and O–H groups in total. The highest BCUT2D eigenvalue weighted by Crippen LogP contribution is 2.33. The average Bonchev–Trinajstić information content (AvgIpc) is 2.59. The second kappa shape index (κ2) is 4.90. The predicted octanol–water partition coefficient (Wildman–Crippen LogP) is 2.67. The van der Waals surface area contributed by atoms with E-state index in [0.29, 0.717) is 23.5 Å². The molecule has 5 heteroatoms. The average molecular weight is 305 g/mol. The topological polar surface area (TPSA) is 42.2 Å². The van der Waals surface area contributed by atoms with Gasteiger partial charge in [-0.25, -0.2) is 4.98 Å². The van der Waals surface area contributed by atoms with E-state index in [9.17, 15) is 0 Å². The molecule has 88 valence electrons. The Balaban J connectivity index is 2.30. The summed E-state index contributed by atoms with van der Waals surface area (Å²) in [4.78, 5) is 6.61. The molecule has 1 aliphatic heterocycles. The Morgan fingerprint density at radius 1 is 1.69 bits per heavy atom. The second-order valence-corrected chi connectivity index (χ2v) is 5.54. The third-order valence-corrected chi connectivity index (χ3v) is 3.90. The van der Waals surface area contributed by atoms with Gasteiger partial charge < -0.3 is 10.6 Å². The van der Waals surface area contributed by atoms with E-state index in [1.54, 1.807) is 6.20 Å². The van der Waals surface area contributed by atoms with E-state index < -0.39 is 0 Å². The monoisotopic (exact) mass is 303 g/mol. The van der Waals surface area contributed by atoms with E-state index in [4.69, 9.17) is 17.3 Å². The SMILES string of the molecule is CC1CCN(c2ncc(Br)cc2Cl)C1CN. The van der Waals surface area contributed by atoms with Crippen LogP contribution in [0.15, 0.2) is 16.7 Å². The van der Waals surface area contributed by atoms with Crippen LogP contribution in [0.1, 0.15) is 13.3 Å². The van der Waals surface area contributed by atoms with Crippen LogP contribution in [0.3, 0.4) is 0 Å². The normalized spacial score (nSPS) is 25.1. The maximum Gasteiger partial charge on any atom is 0.147 e. The molecule has 16 heavy (non-hydrogen) atoms. The maximum absolute atomic E-state index is 6.20. The van der Waals surface area contributed by atoms with Crippen LogP contribution in [0.4, 0.5) is 5.82 Å². The molecule has 0 amide bonds. The van der Waals surface area contributed by atoms with Gasteiger partial charge in [-0.2, -0.15) is 0 Å². The molecule has 0 radical (unpaired) electrons. The van der Waals surface area contributed by atoms with E-state index in [1.165, 1.54) is 0 Å². The summed E-state index contributed by atoms with van der Waals surface area (Å²) < 4.78 is 0.901. The number of nitrogens with two attached hydrogens (primary N) is 1. The largest absolute Gasteiger partial charge is 0.351 e. The highest BCUT2D eigenvalue weighted by atomic mass is 79.9. The minimum absolute atomic E-state index is 0.353. The van der Waals surface area contributed by atoms with Crippen molar-refractivity contribution in [2.75, 3.05) is 18.0 Å². The van der Waals surface area contributed by atoms with Crippen LogP contribution in [-0.2, 0) is 0 Å². The number of hydrogen-bond donors (Lipinski definition) is 1. The molecule has 3 nitrogen and oxygen atoms in total. The van der Waals surface area contributed by atoms with Crippen molar-refractivity contribution in [3.63, 3.8) is 0 Å². The lowest BCUT2D eigenvalue weighted by molar-refractivity contribution is 0.517. The van der Waals surface area contributed by atoms with E-state index in [1.807, 2.05) is 6.07 Å². The zero-order valence-corrected chi connectivity index (χ0v) is 11.5. The Morgan fingerprint density at radius 3 is 3.06 bits per heavy atom. The molecule has 2 heterocycles. The van der Waals surface area contributed by atoms with Gasteiger partial charge in [-0.15, -0.1) is 0 Å². The number of pyridine rings is 1. The highest BCUT2D eigenvalue weighted by Gasteiger charge is 2.31. The molecule has 1 saturated heterocycles. The van der Waals surface area contributed by atoms with Gasteiger partial charge in [0.1, 0.15) is 5.82 Å². The van der Waals surface area contributed by atoms with Crippen molar-refractivity contribution in [3.8, 4) is 0 Å². The minimum atomic E-state index is 0.353. The summed E-state index contributed by atoms with van der Waals surface area (Å²) in [7, 11) is 0. The maximum atomic E-state index is 6.20. The second-order valence-electron chi connectivity index (χ2n) is 4.22. The zero-order chi connectivity index (χ0) is 11.7. The molecule has 2 atom stereocenters. The first-order valence-corrected chi connectivity index (χ1v) is 6.58. The smallest absolute Gasteiger partial charge is 0.147 e. The fourth-order valence-electron chi connectivity index (χ4n) is 2.25. The van der Waals surface area contributed by atoms with Crippen molar-refractivity contribution >= 4 is 33.3 Å². The van der Waals surface area contributed by atoms with Gasteiger partial charge in [-0.3, -0.25) is 0 Å².